The zero-order valence-corrected chi connectivity index (χ0v) is 18.2. The third kappa shape index (κ3) is 5.09. The van der Waals surface area contributed by atoms with Gasteiger partial charge in [0.2, 0.25) is 0 Å². The quantitative estimate of drug-likeness (QED) is 0.667. The van der Waals surface area contributed by atoms with E-state index in [1.807, 2.05) is 0 Å². The summed E-state index contributed by atoms with van der Waals surface area (Å²) >= 11 is 7.01. The molecule has 7 nitrogen and oxygen atoms in total. The van der Waals surface area contributed by atoms with Gasteiger partial charge in [0, 0.05) is 9.90 Å². The van der Waals surface area contributed by atoms with Gasteiger partial charge in [-0.2, -0.15) is 0 Å². The van der Waals surface area contributed by atoms with Crippen LogP contribution in [0.5, 0.6) is 5.75 Å². The van der Waals surface area contributed by atoms with Crippen LogP contribution in [-0.2, 0) is 31.5 Å². The molecule has 0 saturated heterocycles. The average Bonchev–Trinajstić information content (AvgIpc) is 2.97. The number of thiophene rings is 1. The summed E-state index contributed by atoms with van der Waals surface area (Å²) < 4.78 is 34.7. The van der Waals surface area contributed by atoms with E-state index in [1.54, 1.807) is 38.1 Å². The van der Waals surface area contributed by atoms with Crippen LogP contribution in [0.25, 0.3) is 0 Å². The number of carbonyl (C=O) groups is 2. The van der Waals surface area contributed by atoms with Gasteiger partial charge in [-0.15, -0.1) is 11.3 Å². The predicted molar refractivity (Wildman–Crippen MR) is 112 cm³/mol. The van der Waals surface area contributed by atoms with Gasteiger partial charge >= 0.3 is 5.97 Å². The lowest BCUT2D eigenvalue weighted by molar-refractivity contribution is -0.122. The van der Waals surface area contributed by atoms with Crippen molar-refractivity contribution in [2.75, 3.05) is 17.7 Å². The highest BCUT2D eigenvalue weighted by Gasteiger charge is 2.32. The van der Waals surface area contributed by atoms with Crippen molar-refractivity contribution in [3.05, 3.63) is 45.3 Å². The smallest absolute Gasteiger partial charge is 0.341 e. The van der Waals surface area contributed by atoms with Crippen molar-refractivity contribution < 1.29 is 27.5 Å². The third-order valence-electron chi connectivity index (χ3n) is 4.30. The van der Waals surface area contributed by atoms with Gasteiger partial charge in [-0.3, -0.25) is 4.79 Å². The Kier molecular flexibility index (Phi) is 6.50. The molecule has 10 heteroatoms. The third-order valence-corrected chi connectivity index (χ3v) is 7.42. The standard InChI is InChI=1S/C19H20ClNO6S2/c1-3-26-19(23)16-14-7-8-29(24,25)10-15(14)28-18(16)21-17(22)11(2)27-13-6-4-5-12(20)9-13/h4-6,9,11H,3,7-8,10H2,1-2H3,(H,21,22). The van der Waals surface area contributed by atoms with E-state index in [0.717, 1.165) is 11.3 Å². The molecule has 1 aliphatic heterocycles. The van der Waals surface area contributed by atoms with Crippen molar-refractivity contribution in [2.45, 2.75) is 32.1 Å². The predicted octanol–water partition coefficient (Wildman–Crippen LogP) is 3.46. The van der Waals surface area contributed by atoms with Gasteiger partial charge in [0.25, 0.3) is 5.91 Å². The Morgan fingerprint density at radius 2 is 2.10 bits per heavy atom. The van der Waals surface area contributed by atoms with Crippen LogP contribution in [0.4, 0.5) is 5.00 Å². The summed E-state index contributed by atoms with van der Waals surface area (Å²) in [5.74, 6) is -0.809. The van der Waals surface area contributed by atoms with E-state index >= 15 is 0 Å². The summed E-state index contributed by atoms with van der Waals surface area (Å²) in [6.07, 6.45) is -0.654. The molecule has 2 heterocycles. The highest BCUT2D eigenvalue weighted by Crippen LogP contribution is 2.38. The van der Waals surface area contributed by atoms with E-state index in [2.05, 4.69) is 5.32 Å². The van der Waals surface area contributed by atoms with Gasteiger partial charge in [-0.25, -0.2) is 13.2 Å². The van der Waals surface area contributed by atoms with E-state index in [0.29, 0.717) is 21.2 Å². The molecular formula is C19H20ClNO6S2. The van der Waals surface area contributed by atoms with E-state index in [9.17, 15) is 18.0 Å². The molecule has 2 aromatic rings. The second-order valence-corrected chi connectivity index (χ2v) is 10.2. The first-order valence-electron chi connectivity index (χ1n) is 8.95. The molecule has 0 saturated carbocycles. The molecule has 0 aliphatic carbocycles. The number of esters is 1. The van der Waals surface area contributed by atoms with Crippen LogP contribution < -0.4 is 10.1 Å². The summed E-state index contributed by atoms with van der Waals surface area (Å²) in [5.41, 5.74) is 0.854. The normalized spacial score (nSPS) is 15.8. The summed E-state index contributed by atoms with van der Waals surface area (Å²) in [6.45, 7) is 3.42. The molecule has 1 aliphatic rings. The first-order valence-corrected chi connectivity index (χ1v) is 12.0. The zero-order valence-electron chi connectivity index (χ0n) is 15.9. The van der Waals surface area contributed by atoms with Crippen molar-refractivity contribution in [1.29, 1.82) is 0 Å². The Morgan fingerprint density at radius 3 is 2.79 bits per heavy atom. The molecule has 1 aromatic heterocycles. The minimum Gasteiger partial charge on any atom is -0.481 e. The van der Waals surface area contributed by atoms with Gasteiger partial charge in [0.05, 0.1) is 23.7 Å². The number of amides is 1. The molecule has 0 bridgehead atoms. The lowest BCUT2D eigenvalue weighted by atomic mass is 10.1. The maximum Gasteiger partial charge on any atom is 0.341 e. The number of anilines is 1. The maximum absolute atomic E-state index is 12.6. The Bertz CT molecular complexity index is 1050. The highest BCUT2D eigenvalue weighted by molar-refractivity contribution is 7.90. The number of halogens is 1. The minimum absolute atomic E-state index is 0.0369. The van der Waals surface area contributed by atoms with Crippen LogP contribution in [0.15, 0.2) is 24.3 Å². The number of rotatable bonds is 6. The molecule has 1 N–H and O–H groups in total. The van der Waals surface area contributed by atoms with Crippen molar-refractivity contribution in [2.24, 2.45) is 0 Å². The fraction of sp³-hybridized carbons (Fsp3) is 0.368. The largest absolute Gasteiger partial charge is 0.481 e. The van der Waals surface area contributed by atoms with Crippen LogP contribution in [0, 0.1) is 0 Å². The summed E-state index contributed by atoms with van der Waals surface area (Å²) in [7, 11) is -3.22. The Balaban J connectivity index is 1.84. The number of hydrogen-bond donors (Lipinski definition) is 1. The Hall–Kier alpha value is -2.10. The number of benzene rings is 1. The maximum atomic E-state index is 12.6. The second-order valence-electron chi connectivity index (χ2n) is 6.48. The van der Waals surface area contributed by atoms with E-state index < -0.39 is 27.8 Å². The van der Waals surface area contributed by atoms with E-state index in [4.69, 9.17) is 21.1 Å². The van der Waals surface area contributed by atoms with Gasteiger partial charge in [-0.05, 0) is 44.0 Å². The molecule has 29 heavy (non-hydrogen) atoms. The Labute approximate surface area is 177 Å². The molecule has 1 aromatic carbocycles. The molecule has 0 radical (unpaired) electrons. The number of sulfone groups is 1. The first-order chi connectivity index (χ1) is 13.7. The fourth-order valence-electron chi connectivity index (χ4n) is 2.94. The van der Waals surface area contributed by atoms with E-state index in [1.165, 1.54) is 0 Å². The first kappa shape index (κ1) is 21.6. The SMILES string of the molecule is CCOC(=O)c1c(NC(=O)C(C)Oc2cccc(Cl)c2)sc2c1CCS(=O)(=O)C2. The van der Waals surface area contributed by atoms with E-state index in [-0.39, 0.29) is 35.1 Å². The van der Waals surface area contributed by atoms with Crippen molar-refractivity contribution in [3.8, 4) is 5.75 Å². The Morgan fingerprint density at radius 1 is 1.34 bits per heavy atom. The van der Waals surface area contributed by atoms with Gasteiger partial charge in [0.15, 0.2) is 15.9 Å². The number of hydrogen-bond acceptors (Lipinski definition) is 7. The molecule has 156 valence electrons. The van der Waals surface area contributed by atoms with Crippen molar-refractivity contribution >= 4 is 49.7 Å². The highest BCUT2D eigenvalue weighted by atomic mass is 35.5. The summed E-state index contributed by atoms with van der Waals surface area (Å²) in [4.78, 5) is 25.7. The molecule has 0 fully saturated rings. The molecule has 3 rings (SSSR count). The number of fused-ring (bicyclic) bond motifs is 1. The number of nitrogens with one attached hydrogen (secondary N) is 1. The molecule has 0 spiro atoms. The summed E-state index contributed by atoms with van der Waals surface area (Å²) in [5, 5.41) is 3.45. The minimum atomic E-state index is -3.22. The summed E-state index contributed by atoms with van der Waals surface area (Å²) in [6, 6.07) is 6.66. The number of carbonyl (C=O) groups excluding carboxylic acids is 2. The zero-order chi connectivity index (χ0) is 21.2. The van der Waals surface area contributed by atoms with Crippen LogP contribution in [0.2, 0.25) is 5.02 Å². The molecule has 1 atom stereocenters. The monoisotopic (exact) mass is 457 g/mol. The van der Waals surface area contributed by atoms with Crippen molar-refractivity contribution in [3.63, 3.8) is 0 Å². The van der Waals surface area contributed by atoms with Crippen LogP contribution in [-0.4, -0.2) is 38.8 Å². The second kappa shape index (κ2) is 8.73. The van der Waals surface area contributed by atoms with Gasteiger partial charge < -0.3 is 14.8 Å². The van der Waals surface area contributed by atoms with Crippen LogP contribution >= 0.6 is 22.9 Å². The average molecular weight is 458 g/mol. The topological polar surface area (TPSA) is 98.8 Å². The van der Waals surface area contributed by atoms with Gasteiger partial charge in [0.1, 0.15) is 10.8 Å². The molecule has 1 amide bonds. The molecule has 1 unspecified atom stereocenters. The van der Waals surface area contributed by atoms with Crippen LogP contribution in [0.1, 0.15) is 34.6 Å². The fourth-order valence-corrected chi connectivity index (χ4v) is 6.16. The lowest BCUT2D eigenvalue weighted by Gasteiger charge is -2.15. The van der Waals surface area contributed by atoms with Crippen molar-refractivity contribution in [1.82, 2.24) is 0 Å². The van der Waals surface area contributed by atoms with Gasteiger partial charge in [-0.1, -0.05) is 17.7 Å². The van der Waals surface area contributed by atoms with Crippen LogP contribution in [0.3, 0.4) is 0 Å². The lowest BCUT2D eigenvalue weighted by Crippen LogP contribution is -2.30. The number of ether oxygens (including phenoxy) is 2. The molecular weight excluding hydrogens is 438 g/mol.